The van der Waals surface area contributed by atoms with Gasteiger partial charge in [0.2, 0.25) is 10.0 Å². The summed E-state index contributed by atoms with van der Waals surface area (Å²) in [7, 11) is -3.69. The third kappa shape index (κ3) is 3.44. The van der Waals surface area contributed by atoms with Gasteiger partial charge in [-0.2, -0.15) is 14.7 Å². The van der Waals surface area contributed by atoms with Gasteiger partial charge >= 0.3 is 0 Å². The van der Waals surface area contributed by atoms with Gasteiger partial charge in [-0.15, -0.1) is 0 Å². The Labute approximate surface area is 147 Å². The van der Waals surface area contributed by atoms with Gasteiger partial charge in [0.15, 0.2) is 0 Å². The molecule has 0 amide bonds. The third-order valence-electron chi connectivity index (χ3n) is 4.31. The van der Waals surface area contributed by atoms with E-state index in [-0.39, 0.29) is 24.1 Å². The standard InChI is InChI=1S/C17H20N4O3S/c1-3-20-11-15(10-19-20)16-12-21(6-7-24-16)25(22,23)17-8-14(9-18)5-4-13(17)2/h4-5,8,10-11,16H,3,6-7,12H2,1-2H3/t16-/m0/s1. The minimum absolute atomic E-state index is 0.177. The van der Waals surface area contributed by atoms with E-state index in [9.17, 15) is 8.42 Å². The van der Waals surface area contributed by atoms with E-state index in [1.165, 1.54) is 10.4 Å². The fraction of sp³-hybridized carbons (Fsp3) is 0.412. The largest absolute Gasteiger partial charge is 0.371 e. The minimum atomic E-state index is -3.69. The highest BCUT2D eigenvalue weighted by molar-refractivity contribution is 7.89. The monoisotopic (exact) mass is 360 g/mol. The quantitative estimate of drug-likeness (QED) is 0.830. The summed E-state index contributed by atoms with van der Waals surface area (Å²) in [5.74, 6) is 0. The van der Waals surface area contributed by atoms with Crippen LogP contribution >= 0.6 is 0 Å². The molecule has 0 saturated carbocycles. The van der Waals surface area contributed by atoms with Crippen LogP contribution in [0.1, 0.15) is 29.7 Å². The van der Waals surface area contributed by atoms with Gasteiger partial charge < -0.3 is 4.74 Å². The van der Waals surface area contributed by atoms with Gasteiger partial charge in [0.25, 0.3) is 0 Å². The molecule has 25 heavy (non-hydrogen) atoms. The number of aryl methyl sites for hydroxylation is 2. The van der Waals surface area contributed by atoms with Crippen molar-refractivity contribution in [3.8, 4) is 6.07 Å². The molecular formula is C17H20N4O3S. The molecule has 1 aromatic heterocycles. The van der Waals surface area contributed by atoms with Crippen LogP contribution in [0.4, 0.5) is 0 Å². The van der Waals surface area contributed by atoms with Crippen molar-refractivity contribution in [1.82, 2.24) is 14.1 Å². The number of nitrogens with zero attached hydrogens (tertiary/aromatic N) is 4. The Balaban J connectivity index is 1.88. The van der Waals surface area contributed by atoms with Gasteiger partial charge in [0.05, 0.1) is 35.4 Å². The first-order valence-corrected chi connectivity index (χ1v) is 9.54. The van der Waals surface area contributed by atoms with E-state index in [4.69, 9.17) is 10.00 Å². The van der Waals surface area contributed by atoms with E-state index in [0.29, 0.717) is 17.7 Å². The molecule has 0 spiro atoms. The van der Waals surface area contributed by atoms with Crippen LogP contribution in [0.3, 0.4) is 0 Å². The number of ether oxygens (including phenoxy) is 1. The first kappa shape index (κ1) is 17.6. The first-order valence-electron chi connectivity index (χ1n) is 8.10. The average Bonchev–Trinajstić information content (AvgIpc) is 3.11. The van der Waals surface area contributed by atoms with Crippen LogP contribution in [-0.4, -0.2) is 42.2 Å². The number of hydrogen-bond donors (Lipinski definition) is 0. The van der Waals surface area contributed by atoms with Gasteiger partial charge in [-0.1, -0.05) is 6.07 Å². The fourth-order valence-electron chi connectivity index (χ4n) is 2.85. The zero-order chi connectivity index (χ0) is 18.0. The molecule has 132 valence electrons. The summed E-state index contributed by atoms with van der Waals surface area (Å²) in [6, 6.07) is 6.71. The van der Waals surface area contributed by atoms with Gasteiger partial charge in [-0.25, -0.2) is 8.42 Å². The molecule has 2 aromatic rings. The number of morpholine rings is 1. The molecule has 2 heterocycles. The lowest BCUT2D eigenvalue weighted by Crippen LogP contribution is -2.42. The number of sulfonamides is 1. The van der Waals surface area contributed by atoms with Crippen LogP contribution in [0.5, 0.6) is 0 Å². The van der Waals surface area contributed by atoms with Gasteiger partial charge in [0.1, 0.15) is 0 Å². The lowest BCUT2D eigenvalue weighted by Gasteiger charge is -2.32. The lowest BCUT2D eigenvalue weighted by molar-refractivity contribution is -0.00261. The van der Waals surface area contributed by atoms with Crippen molar-refractivity contribution in [2.24, 2.45) is 0 Å². The third-order valence-corrected chi connectivity index (χ3v) is 6.32. The maximum atomic E-state index is 13.1. The summed E-state index contributed by atoms with van der Waals surface area (Å²) < 4.78 is 35.1. The number of nitriles is 1. The minimum Gasteiger partial charge on any atom is -0.371 e. The molecule has 0 bridgehead atoms. The van der Waals surface area contributed by atoms with E-state index in [0.717, 1.165) is 12.1 Å². The first-order chi connectivity index (χ1) is 12.0. The zero-order valence-electron chi connectivity index (χ0n) is 14.2. The highest BCUT2D eigenvalue weighted by Crippen LogP contribution is 2.28. The van der Waals surface area contributed by atoms with Crippen molar-refractivity contribution < 1.29 is 13.2 Å². The predicted molar refractivity (Wildman–Crippen MR) is 91.2 cm³/mol. The van der Waals surface area contributed by atoms with E-state index in [1.807, 2.05) is 19.2 Å². The molecule has 7 nitrogen and oxygen atoms in total. The Kier molecular flexibility index (Phi) is 4.90. The van der Waals surface area contributed by atoms with Gasteiger partial charge in [0, 0.05) is 31.4 Å². The molecule has 0 unspecified atom stereocenters. The van der Waals surface area contributed by atoms with Crippen molar-refractivity contribution in [3.05, 3.63) is 47.3 Å². The summed E-state index contributed by atoms with van der Waals surface area (Å²) in [6.07, 6.45) is 3.25. The number of hydrogen-bond acceptors (Lipinski definition) is 5. The molecule has 1 atom stereocenters. The zero-order valence-corrected chi connectivity index (χ0v) is 15.0. The van der Waals surface area contributed by atoms with Crippen LogP contribution in [0, 0.1) is 18.3 Å². The van der Waals surface area contributed by atoms with Crippen molar-refractivity contribution in [1.29, 1.82) is 5.26 Å². The number of aromatic nitrogens is 2. The molecule has 8 heteroatoms. The van der Waals surface area contributed by atoms with E-state index < -0.39 is 10.0 Å². The molecule has 0 N–H and O–H groups in total. The molecule has 0 aliphatic carbocycles. The van der Waals surface area contributed by atoms with Gasteiger partial charge in [-0.3, -0.25) is 4.68 Å². The molecule has 3 rings (SSSR count). The summed E-state index contributed by atoms with van der Waals surface area (Å²) in [5.41, 5.74) is 1.82. The maximum Gasteiger partial charge on any atom is 0.243 e. The second-order valence-corrected chi connectivity index (χ2v) is 7.85. The smallest absolute Gasteiger partial charge is 0.243 e. The van der Waals surface area contributed by atoms with Crippen molar-refractivity contribution in [2.75, 3.05) is 19.7 Å². The van der Waals surface area contributed by atoms with Crippen LogP contribution in [-0.2, 0) is 21.3 Å². The maximum absolute atomic E-state index is 13.1. The molecular weight excluding hydrogens is 340 g/mol. The number of rotatable bonds is 4. The second-order valence-electron chi connectivity index (χ2n) is 5.94. The number of benzene rings is 1. The molecule has 0 radical (unpaired) electrons. The highest BCUT2D eigenvalue weighted by atomic mass is 32.2. The topological polar surface area (TPSA) is 88.2 Å². The Morgan fingerprint density at radius 3 is 2.92 bits per heavy atom. The Morgan fingerprint density at radius 1 is 1.44 bits per heavy atom. The van der Waals surface area contributed by atoms with Crippen molar-refractivity contribution in [3.63, 3.8) is 0 Å². The highest BCUT2D eigenvalue weighted by Gasteiger charge is 2.33. The molecule has 1 fully saturated rings. The van der Waals surface area contributed by atoms with E-state index in [2.05, 4.69) is 5.10 Å². The van der Waals surface area contributed by atoms with Crippen LogP contribution in [0.2, 0.25) is 0 Å². The normalized spacial score (nSPS) is 18.8. The Morgan fingerprint density at radius 2 is 2.24 bits per heavy atom. The molecule has 1 aliphatic rings. The summed E-state index contributed by atoms with van der Waals surface area (Å²) in [6.45, 7) is 5.30. The van der Waals surface area contributed by atoms with E-state index in [1.54, 1.807) is 29.9 Å². The van der Waals surface area contributed by atoms with Crippen LogP contribution < -0.4 is 0 Å². The van der Waals surface area contributed by atoms with Crippen LogP contribution in [0.25, 0.3) is 0 Å². The fourth-order valence-corrected chi connectivity index (χ4v) is 4.53. The molecule has 1 aliphatic heterocycles. The predicted octanol–water partition coefficient (Wildman–Crippen LogP) is 1.85. The Hall–Kier alpha value is -2.21. The van der Waals surface area contributed by atoms with Crippen molar-refractivity contribution in [2.45, 2.75) is 31.4 Å². The average molecular weight is 360 g/mol. The molecule has 1 aromatic carbocycles. The van der Waals surface area contributed by atoms with Crippen LogP contribution in [0.15, 0.2) is 35.5 Å². The lowest BCUT2D eigenvalue weighted by atomic mass is 10.2. The molecule has 1 saturated heterocycles. The summed E-state index contributed by atoms with van der Waals surface area (Å²) in [5, 5.41) is 13.3. The summed E-state index contributed by atoms with van der Waals surface area (Å²) >= 11 is 0. The second kappa shape index (κ2) is 6.96. The van der Waals surface area contributed by atoms with Crippen molar-refractivity contribution >= 4 is 10.0 Å². The van der Waals surface area contributed by atoms with E-state index >= 15 is 0 Å². The SMILES string of the molecule is CCn1cc([C@@H]2CN(S(=O)(=O)c3cc(C#N)ccc3C)CCO2)cn1. The Bertz CT molecular complexity index is 914. The summed E-state index contributed by atoms with van der Waals surface area (Å²) in [4.78, 5) is 0.177. The van der Waals surface area contributed by atoms with Gasteiger partial charge in [-0.05, 0) is 31.5 Å².